The van der Waals surface area contributed by atoms with Gasteiger partial charge in [-0.05, 0) is 18.4 Å². The summed E-state index contributed by atoms with van der Waals surface area (Å²) < 4.78 is 0. The molecule has 1 N–H and O–H groups in total. The first-order chi connectivity index (χ1) is 7.57. The molecule has 1 fully saturated rings. The van der Waals surface area contributed by atoms with Crippen molar-refractivity contribution >= 4 is 41.3 Å². The van der Waals surface area contributed by atoms with E-state index in [2.05, 4.69) is 0 Å². The second-order valence-corrected chi connectivity index (χ2v) is 5.26. The Bertz CT molecular complexity index is 292. The molecular formula is C9H13NO4S2. The van der Waals surface area contributed by atoms with E-state index in [1.807, 2.05) is 6.26 Å². The van der Waals surface area contributed by atoms with E-state index in [1.54, 1.807) is 0 Å². The van der Waals surface area contributed by atoms with Crippen LogP contribution in [0.15, 0.2) is 0 Å². The Morgan fingerprint density at radius 1 is 1.50 bits per heavy atom. The molecule has 0 bridgehead atoms. The van der Waals surface area contributed by atoms with Crippen molar-refractivity contribution in [3.63, 3.8) is 0 Å². The maximum absolute atomic E-state index is 11.5. The lowest BCUT2D eigenvalue weighted by Crippen LogP contribution is -2.52. The Labute approximate surface area is 102 Å². The van der Waals surface area contributed by atoms with Crippen molar-refractivity contribution in [3.8, 4) is 0 Å². The molecule has 7 heteroatoms. The van der Waals surface area contributed by atoms with Crippen LogP contribution >= 0.6 is 23.5 Å². The smallest absolute Gasteiger partial charge is 0.326 e. The summed E-state index contributed by atoms with van der Waals surface area (Å²) in [5, 5.41) is 9.03. The molecule has 1 unspecified atom stereocenters. The Morgan fingerprint density at radius 2 is 2.06 bits per heavy atom. The van der Waals surface area contributed by atoms with Gasteiger partial charge in [-0.25, -0.2) is 4.79 Å². The third-order valence-corrected chi connectivity index (χ3v) is 3.73. The van der Waals surface area contributed by atoms with Crippen LogP contribution in [-0.2, 0) is 14.4 Å². The molecule has 1 atom stereocenters. The number of aliphatic carboxylic acids is 1. The summed E-state index contributed by atoms with van der Waals surface area (Å²) in [4.78, 5) is 35.0. The minimum Gasteiger partial charge on any atom is -0.480 e. The van der Waals surface area contributed by atoms with E-state index < -0.39 is 23.8 Å². The normalized spacial score (nSPS) is 18.7. The molecule has 1 saturated heterocycles. The largest absolute Gasteiger partial charge is 0.480 e. The number of carbonyl (C=O) groups is 3. The van der Waals surface area contributed by atoms with Crippen LogP contribution in [0.5, 0.6) is 0 Å². The van der Waals surface area contributed by atoms with Crippen molar-refractivity contribution in [2.24, 2.45) is 0 Å². The number of thioether (sulfide) groups is 2. The summed E-state index contributed by atoms with van der Waals surface area (Å²) in [7, 11) is 0. The van der Waals surface area contributed by atoms with Gasteiger partial charge in [-0.1, -0.05) is 0 Å². The fourth-order valence-corrected chi connectivity index (χ4v) is 2.63. The van der Waals surface area contributed by atoms with E-state index in [1.165, 1.54) is 23.5 Å². The maximum atomic E-state index is 11.5. The fraction of sp³-hybridized carbons (Fsp3) is 0.667. The lowest BCUT2D eigenvalue weighted by molar-refractivity contribution is -0.156. The first kappa shape index (κ1) is 13.4. The van der Waals surface area contributed by atoms with Gasteiger partial charge in [0.1, 0.15) is 6.04 Å². The molecule has 90 valence electrons. The van der Waals surface area contributed by atoms with Crippen molar-refractivity contribution in [1.29, 1.82) is 0 Å². The molecule has 0 radical (unpaired) electrons. The maximum Gasteiger partial charge on any atom is 0.326 e. The average Bonchev–Trinajstić information content (AvgIpc) is 2.21. The number of carboxylic acid groups (broad SMARTS) is 1. The Kier molecular flexibility index (Phi) is 5.14. The monoisotopic (exact) mass is 263 g/mol. The predicted octanol–water partition coefficient (Wildman–Crippen LogP) is 0.295. The summed E-state index contributed by atoms with van der Waals surface area (Å²) in [6.07, 6.45) is 2.16. The first-order valence-electron chi connectivity index (χ1n) is 4.72. The number of hydrogen-bond donors (Lipinski definition) is 1. The molecule has 0 aromatic heterocycles. The van der Waals surface area contributed by atoms with Gasteiger partial charge in [0.25, 0.3) is 0 Å². The zero-order valence-electron chi connectivity index (χ0n) is 8.84. The van der Waals surface area contributed by atoms with Gasteiger partial charge < -0.3 is 5.11 Å². The Balaban J connectivity index is 2.78. The molecule has 0 saturated carbocycles. The molecule has 0 aromatic rings. The van der Waals surface area contributed by atoms with E-state index >= 15 is 0 Å². The van der Waals surface area contributed by atoms with E-state index in [0.29, 0.717) is 12.2 Å². The van der Waals surface area contributed by atoms with Crippen LogP contribution in [0.3, 0.4) is 0 Å². The molecule has 1 heterocycles. The van der Waals surface area contributed by atoms with Gasteiger partial charge in [0.15, 0.2) is 0 Å². The number of nitrogens with zero attached hydrogens (tertiary/aromatic N) is 1. The van der Waals surface area contributed by atoms with Crippen LogP contribution in [0.25, 0.3) is 0 Å². The van der Waals surface area contributed by atoms with Gasteiger partial charge in [-0.3, -0.25) is 14.5 Å². The lowest BCUT2D eigenvalue weighted by atomic mass is 10.2. The topological polar surface area (TPSA) is 74.7 Å². The van der Waals surface area contributed by atoms with Crippen molar-refractivity contribution < 1.29 is 19.5 Å². The summed E-state index contributed by atoms with van der Waals surface area (Å²) in [5.41, 5.74) is 0. The molecule has 2 amide bonds. The van der Waals surface area contributed by atoms with Crippen molar-refractivity contribution in [3.05, 3.63) is 0 Å². The third-order valence-electron chi connectivity index (χ3n) is 2.18. The van der Waals surface area contributed by atoms with Crippen molar-refractivity contribution in [2.75, 3.05) is 23.5 Å². The molecule has 1 aliphatic heterocycles. The SMILES string of the molecule is CSCCC(C(=O)O)N1C(=O)CSCC1=O. The average molecular weight is 263 g/mol. The second-order valence-electron chi connectivity index (χ2n) is 3.29. The van der Waals surface area contributed by atoms with Crippen molar-refractivity contribution in [2.45, 2.75) is 12.5 Å². The van der Waals surface area contributed by atoms with Gasteiger partial charge >= 0.3 is 5.97 Å². The third kappa shape index (κ3) is 3.15. The number of carboxylic acids is 1. The molecular weight excluding hydrogens is 250 g/mol. The molecule has 0 spiro atoms. The standard InChI is InChI=1S/C9H13NO4S2/c1-15-3-2-6(9(13)14)10-7(11)4-16-5-8(10)12/h6H,2-5H2,1H3,(H,13,14). The number of rotatable bonds is 5. The summed E-state index contributed by atoms with van der Waals surface area (Å²) >= 11 is 2.72. The van der Waals surface area contributed by atoms with Crippen LogP contribution in [0, 0.1) is 0 Å². The Morgan fingerprint density at radius 3 is 2.50 bits per heavy atom. The van der Waals surface area contributed by atoms with Gasteiger partial charge in [-0.2, -0.15) is 11.8 Å². The number of amides is 2. The zero-order chi connectivity index (χ0) is 12.1. The summed E-state index contributed by atoms with van der Waals surface area (Å²) in [5.74, 6) is -0.905. The summed E-state index contributed by atoms with van der Waals surface area (Å²) in [6.45, 7) is 0. The van der Waals surface area contributed by atoms with Crippen LogP contribution in [0.4, 0.5) is 0 Å². The predicted molar refractivity (Wildman–Crippen MR) is 63.6 cm³/mol. The van der Waals surface area contributed by atoms with Gasteiger partial charge in [0.2, 0.25) is 11.8 Å². The lowest BCUT2D eigenvalue weighted by Gasteiger charge is -2.29. The quantitative estimate of drug-likeness (QED) is 0.719. The second kappa shape index (κ2) is 6.15. The minimum absolute atomic E-state index is 0.189. The van der Waals surface area contributed by atoms with Gasteiger partial charge in [0, 0.05) is 0 Å². The number of carbonyl (C=O) groups excluding carboxylic acids is 2. The van der Waals surface area contributed by atoms with Crippen LogP contribution in [0.2, 0.25) is 0 Å². The zero-order valence-corrected chi connectivity index (χ0v) is 10.5. The minimum atomic E-state index is -1.11. The van der Waals surface area contributed by atoms with Gasteiger partial charge in [0.05, 0.1) is 11.5 Å². The van der Waals surface area contributed by atoms with Crippen LogP contribution < -0.4 is 0 Å². The van der Waals surface area contributed by atoms with E-state index in [4.69, 9.17) is 5.11 Å². The highest BCUT2D eigenvalue weighted by Crippen LogP contribution is 2.18. The van der Waals surface area contributed by atoms with Crippen molar-refractivity contribution in [1.82, 2.24) is 4.90 Å². The summed E-state index contributed by atoms with van der Waals surface area (Å²) in [6, 6.07) is -1.01. The number of imide groups is 1. The highest BCUT2D eigenvalue weighted by atomic mass is 32.2. The molecule has 0 aliphatic carbocycles. The van der Waals surface area contributed by atoms with E-state index in [-0.39, 0.29) is 11.5 Å². The fourth-order valence-electron chi connectivity index (χ4n) is 1.44. The number of hydrogen-bond acceptors (Lipinski definition) is 5. The van der Waals surface area contributed by atoms with Gasteiger partial charge in [-0.15, -0.1) is 11.8 Å². The molecule has 5 nitrogen and oxygen atoms in total. The van der Waals surface area contributed by atoms with Crippen LogP contribution in [-0.4, -0.2) is 57.3 Å². The molecule has 0 aromatic carbocycles. The van der Waals surface area contributed by atoms with Crippen LogP contribution in [0.1, 0.15) is 6.42 Å². The highest BCUT2D eigenvalue weighted by Gasteiger charge is 2.36. The molecule has 1 rings (SSSR count). The first-order valence-corrected chi connectivity index (χ1v) is 7.27. The Hall–Kier alpha value is -0.690. The highest BCUT2D eigenvalue weighted by molar-refractivity contribution is 8.00. The molecule has 1 aliphatic rings. The van der Waals surface area contributed by atoms with E-state index in [9.17, 15) is 14.4 Å². The molecule has 16 heavy (non-hydrogen) atoms. The van der Waals surface area contributed by atoms with E-state index in [0.717, 1.165) is 4.90 Å².